The van der Waals surface area contributed by atoms with Crippen LogP contribution >= 0.6 is 0 Å². The van der Waals surface area contributed by atoms with Crippen molar-refractivity contribution >= 4 is 10.4 Å². The number of hydrogen-bond acceptors (Lipinski definition) is 5. The molecule has 1 fully saturated rings. The molecule has 1 aromatic heterocycles. The number of hydrogen-bond donors (Lipinski definition) is 2. The van der Waals surface area contributed by atoms with Gasteiger partial charge in [-0.1, -0.05) is 19.1 Å². The van der Waals surface area contributed by atoms with Crippen LogP contribution < -0.4 is 9.47 Å². The number of piperidine rings is 1. The van der Waals surface area contributed by atoms with Gasteiger partial charge >= 0.3 is 10.4 Å². The molecule has 0 radical (unpaired) electrons. The molecular weight excluding hydrogens is 396 g/mol. The van der Waals surface area contributed by atoms with Gasteiger partial charge in [-0.15, -0.1) is 0 Å². The summed E-state index contributed by atoms with van der Waals surface area (Å²) in [7, 11) is -4.67. The lowest BCUT2D eigenvalue weighted by atomic mass is 10.0. The van der Waals surface area contributed by atoms with E-state index in [0.29, 0.717) is 0 Å². The highest BCUT2D eigenvalue weighted by Crippen LogP contribution is 2.21. The van der Waals surface area contributed by atoms with E-state index in [1.165, 1.54) is 38.3 Å². The molecule has 1 aliphatic heterocycles. The third-order valence-corrected chi connectivity index (χ3v) is 4.62. The maximum Gasteiger partial charge on any atom is 0.394 e. The van der Waals surface area contributed by atoms with Gasteiger partial charge in [-0.2, -0.15) is 13.1 Å². The Morgan fingerprint density at radius 3 is 2.31 bits per heavy atom. The molecule has 0 amide bonds. The normalized spacial score (nSPS) is 17.3. The molecule has 9 heteroatoms. The molecule has 0 aliphatic carbocycles. The predicted octanol–water partition coefficient (Wildman–Crippen LogP) is 2.83. The topological polar surface area (TPSA) is 114 Å². The molecule has 0 saturated carbocycles. The van der Waals surface area contributed by atoms with Gasteiger partial charge in [0, 0.05) is 25.2 Å². The number of rotatable bonds is 6. The molecule has 2 aromatic rings. The third kappa shape index (κ3) is 9.71. The van der Waals surface area contributed by atoms with Gasteiger partial charge in [-0.05, 0) is 55.0 Å². The Hall–Kier alpha value is -2.20. The molecule has 2 heterocycles. The van der Waals surface area contributed by atoms with Crippen LogP contribution in [0.4, 0.5) is 0 Å². The summed E-state index contributed by atoms with van der Waals surface area (Å²) >= 11 is 0. The van der Waals surface area contributed by atoms with Crippen molar-refractivity contribution in [1.82, 2.24) is 4.90 Å². The second-order valence-corrected chi connectivity index (χ2v) is 8.06. The standard InChI is InChI=1S/C20H26N2O2.H2O4S/c1-17-4-2-11-21(16-17)12-3-15-24-20-7-5-18(6-8-20)19-9-13-22(23)14-10-19;1-5(2,3)4/h5-10,13-14,17H,2-4,11-12,15-16H2,1H3;(H2,1,2,3,4)/t17-;/m0./s1. The highest BCUT2D eigenvalue weighted by molar-refractivity contribution is 7.79. The van der Waals surface area contributed by atoms with E-state index >= 15 is 0 Å². The van der Waals surface area contributed by atoms with Crippen LogP contribution in [0.3, 0.4) is 0 Å². The Morgan fingerprint density at radius 2 is 1.72 bits per heavy atom. The fourth-order valence-corrected chi connectivity index (χ4v) is 3.32. The molecule has 1 saturated heterocycles. The monoisotopic (exact) mass is 424 g/mol. The van der Waals surface area contributed by atoms with Crippen molar-refractivity contribution < 1.29 is 27.0 Å². The van der Waals surface area contributed by atoms with Crippen LogP contribution in [-0.4, -0.2) is 48.7 Å². The van der Waals surface area contributed by atoms with Gasteiger partial charge in [0.2, 0.25) is 0 Å². The van der Waals surface area contributed by atoms with Crippen LogP contribution in [0, 0.1) is 11.1 Å². The number of aromatic nitrogens is 1. The van der Waals surface area contributed by atoms with Gasteiger partial charge in [-0.3, -0.25) is 9.11 Å². The molecule has 1 atom stereocenters. The highest BCUT2D eigenvalue weighted by atomic mass is 32.3. The van der Waals surface area contributed by atoms with Gasteiger partial charge in [0.15, 0.2) is 12.4 Å². The van der Waals surface area contributed by atoms with Crippen molar-refractivity contribution in [2.75, 3.05) is 26.2 Å². The average molecular weight is 425 g/mol. The predicted molar refractivity (Wildman–Crippen MR) is 110 cm³/mol. The summed E-state index contributed by atoms with van der Waals surface area (Å²) in [5.41, 5.74) is 2.12. The van der Waals surface area contributed by atoms with Gasteiger partial charge in [0.25, 0.3) is 0 Å². The molecule has 0 spiro atoms. The van der Waals surface area contributed by atoms with Crippen LogP contribution in [0.1, 0.15) is 26.2 Å². The van der Waals surface area contributed by atoms with Crippen LogP contribution in [-0.2, 0) is 10.4 Å². The second kappa shape index (κ2) is 11.1. The van der Waals surface area contributed by atoms with E-state index in [9.17, 15) is 5.21 Å². The van der Waals surface area contributed by atoms with E-state index in [1.54, 1.807) is 0 Å². The molecule has 2 N–H and O–H groups in total. The first kappa shape index (κ1) is 23.1. The summed E-state index contributed by atoms with van der Waals surface area (Å²) in [6.45, 7) is 6.69. The number of ether oxygens (including phenoxy) is 1. The van der Waals surface area contributed by atoms with Crippen molar-refractivity contribution in [2.24, 2.45) is 5.92 Å². The second-order valence-electron chi connectivity index (χ2n) is 7.17. The largest absolute Gasteiger partial charge is 0.619 e. The zero-order valence-corrected chi connectivity index (χ0v) is 17.3. The maximum absolute atomic E-state index is 11.1. The first-order valence-corrected chi connectivity index (χ1v) is 10.9. The lowest BCUT2D eigenvalue weighted by molar-refractivity contribution is -0.605. The highest BCUT2D eigenvalue weighted by Gasteiger charge is 2.15. The van der Waals surface area contributed by atoms with Crippen LogP contribution in [0.25, 0.3) is 11.1 Å². The molecule has 1 aliphatic rings. The first-order chi connectivity index (χ1) is 13.7. The van der Waals surface area contributed by atoms with Crippen molar-refractivity contribution in [3.05, 3.63) is 54.0 Å². The lowest BCUT2D eigenvalue weighted by Gasteiger charge is -2.30. The summed E-state index contributed by atoms with van der Waals surface area (Å²) in [6.07, 6.45) is 6.80. The summed E-state index contributed by atoms with van der Waals surface area (Å²) in [6, 6.07) is 11.7. The average Bonchev–Trinajstić information content (AvgIpc) is 2.65. The zero-order valence-electron chi connectivity index (χ0n) is 16.5. The van der Waals surface area contributed by atoms with Gasteiger partial charge < -0.3 is 14.8 Å². The number of nitrogens with zero attached hydrogens (tertiary/aromatic N) is 2. The minimum Gasteiger partial charge on any atom is -0.619 e. The van der Waals surface area contributed by atoms with Crippen LogP contribution in [0.5, 0.6) is 5.75 Å². The number of benzene rings is 1. The van der Waals surface area contributed by atoms with E-state index in [1.807, 2.05) is 36.4 Å². The lowest BCUT2D eigenvalue weighted by Crippen LogP contribution is -2.35. The Bertz CT molecular complexity index is 832. The molecule has 3 rings (SSSR count). The zero-order chi connectivity index (χ0) is 21.3. The van der Waals surface area contributed by atoms with Gasteiger partial charge in [-0.25, -0.2) is 0 Å². The fourth-order valence-electron chi connectivity index (χ4n) is 3.32. The molecule has 8 nitrogen and oxygen atoms in total. The van der Waals surface area contributed by atoms with Gasteiger partial charge in [0.1, 0.15) is 5.75 Å². The molecule has 0 bridgehead atoms. The molecule has 0 unspecified atom stereocenters. The van der Waals surface area contributed by atoms with E-state index in [-0.39, 0.29) is 0 Å². The third-order valence-electron chi connectivity index (χ3n) is 4.62. The van der Waals surface area contributed by atoms with Gasteiger partial charge in [0.05, 0.1) is 6.61 Å². The van der Waals surface area contributed by atoms with E-state index in [0.717, 1.165) is 47.1 Å². The fraction of sp³-hybridized carbons (Fsp3) is 0.450. The minimum atomic E-state index is -4.67. The molecule has 160 valence electrons. The van der Waals surface area contributed by atoms with Crippen LogP contribution in [0.15, 0.2) is 48.8 Å². The SMILES string of the molecule is C[C@H]1CCCN(CCCOc2ccc(-c3cc[n+]([O-])cc3)cc2)C1.O=S(=O)(O)O. The van der Waals surface area contributed by atoms with E-state index in [4.69, 9.17) is 22.3 Å². The molecule has 29 heavy (non-hydrogen) atoms. The van der Waals surface area contributed by atoms with Crippen molar-refractivity contribution in [3.8, 4) is 16.9 Å². The summed E-state index contributed by atoms with van der Waals surface area (Å²) < 4.78 is 38.2. The smallest absolute Gasteiger partial charge is 0.394 e. The minimum absolute atomic E-state index is 0.756. The number of likely N-dealkylation sites (tertiary alicyclic amines) is 1. The van der Waals surface area contributed by atoms with E-state index in [2.05, 4.69) is 11.8 Å². The summed E-state index contributed by atoms with van der Waals surface area (Å²) in [5.74, 6) is 1.74. The Morgan fingerprint density at radius 1 is 1.14 bits per heavy atom. The molecule has 1 aromatic carbocycles. The van der Waals surface area contributed by atoms with Crippen molar-refractivity contribution in [2.45, 2.75) is 26.2 Å². The van der Waals surface area contributed by atoms with Crippen LogP contribution in [0.2, 0.25) is 0 Å². The molecular formula is C20H28N2O6S. The first-order valence-electron chi connectivity index (χ1n) is 9.55. The van der Waals surface area contributed by atoms with E-state index < -0.39 is 10.4 Å². The van der Waals surface area contributed by atoms with Crippen molar-refractivity contribution in [3.63, 3.8) is 0 Å². The summed E-state index contributed by atoms with van der Waals surface area (Å²) in [5, 5.41) is 11.1. The quantitative estimate of drug-likeness (QED) is 0.317. The number of pyridine rings is 1. The maximum atomic E-state index is 11.1. The Kier molecular flexibility index (Phi) is 8.84. The van der Waals surface area contributed by atoms with Crippen molar-refractivity contribution in [1.29, 1.82) is 0 Å². The Labute approximate surface area is 171 Å². The summed E-state index contributed by atoms with van der Waals surface area (Å²) in [4.78, 5) is 2.55. The Balaban J connectivity index is 0.000000537.